The molecule has 0 bridgehead atoms. The predicted octanol–water partition coefficient (Wildman–Crippen LogP) is 5.39. The van der Waals surface area contributed by atoms with Gasteiger partial charge in [0, 0.05) is 23.2 Å². The number of hydrogen-bond acceptors (Lipinski definition) is 7. The van der Waals surface area contributed by atoms with Gasteiger partial charge in [-0.15, -0.1) is 0 Å². The third-order valence-corrected chi connectivity index (χ3v) is 8.39. The molecule has 0 atom stereocenters. The lowest BCUT2D eigenvalue weighted by Gasteiger charge is -2.23. The van der Waals surface area contributed by atoms with Crippen LogP contribution in [-0.4, -0.2) is 52.5 Å². The van der Waals surface area contributed by atoms with Crippen LogP contribution in [0.25, 0.3) is 0 Å². The van der Waals surface area contributed by atoms with Crippen molar-refractivity contribution in [2.75, 3.05) is 33.2 Å². The summed E-state index contributed by atoms with van der Waals surface area (Å²) in [4.78, 5) is 25.5. The van der Waals surface area contributed by atoms with E-state index in [4.69, 9.17) is 37.4 Å². The number of hydrogen-bond donors (Lipinski definition) is 1. The molecule has 0 aromatic heterocycles. The summed E-state index contributed by atoms with van der Waals surface area (Å²) in [6.45, 7) is -0.772. The smallest absolute Gasteiger partial charge is 0.340 e. The number of ether oxygens (including phenoxy) is 3. The summed E-state index contributed by atoms with van der Waals surface area (Å²) in [5.41, 5.74) is 0.551. The summed E-state index contributed by atoms with van der Waals surface area (Å²) < 4.78 is 44.1. The van der Waals surface area contributed by atoms with E-state index in [1.54, 1.807) is 18.2 Å². The van der Waals surface area contributed by atoms with Crippen LogP contribution >= 0.6 is 39.1 Å². The molecule has 13 heteroatoms. The van der Waals surface area contributed by atoms with Gasteiger partial charge in [0.1, 0.15) is 0 Å². The monoisotopic (exact) mass is 644 g/mol. The topological polar surface area (TPSA) is 111 Å². The molecule has 0 unspecified atom stereocenters. The second-order valence-electron chi connectivity index (χ2n) is 7.77. The van der Waals surface area contributed by atoms with Gasteiger partial charge in [-0.05, 0) is 42.0 Å². The van der Waals surface area contributed by atoms with Gasteiger partial charge in [-0.1, -0.05) is 45.2 Å². The number of halogens is 3. The Labute approximate surface area is 238 Å². The SMILES string of the molecule is COC(=O)c1cc(OC)c(OC)cc1NC(=O)CN(Cc1ccc(Cl)c(Cl)c1)S(=O)(=O)c1ccc(Br)cc1. The van der Waals surface area contributed by atoms with Crippen molar-refractivity contribution in [2.24, 2.45) is 0 Å². The van der Waals surface area contributed by atoms with Gasteiger partial charge >= 0.3 is 5.97 Å². The zero-order valence-electron chi connectivity index (χ0n) is 20.5. The third kappa shape index (κ3) is 6.97. The van der Waals surface area contributed by atoms with E-state index in [2.05, 4.69) is 21.2 Å². The quantitative estimate of drug-likeness (QED) is 0.294. The fourth-order valence-electron chi connectivity index (χ4n) is 3.43. The van der Waals surface area contributed by atoms with E-state index in [0.29, 0.717) is 15.1 Å². The molecular weight excluding hydrogens is 623 g/mol. The molecule has 1 amide bonds. The molecule has 0 fully saturated rings. The van der Waals surface area contributed by atoms with E-state index in [0.717, 1.165) is 4.31 Å². The molecule has 0 saturated heterocycles. The number of carbonyl (C=O) groups excluding carboxylic acids is 2. The highest BCUT2D eigenvalue weighted by molar-refractivity contribution is 9.10. The van der Waals surface area contributed by atoms with Crippen molar-refractivity contribution in [2.45, 2.75) is 11.4 Å². The Morgan fingerprint density at radius 3 is 2.13 bits per heavy atom. The maximum atomic E-state index is 13.6. The van der Waals surface area contributed by atoms with Gasteiger partial charge < -0.3 is 19.5 Å². The Morgan fingerprint density at radius 1 is 0.921 bits per heavy atom. The van der Waals surface area contributed by atoms with Crippen LogP contribution in [0.4, 0.5) is 5.69 Å². The lowest BCUT2D eigenvalue weighted by molar-refractivity contribution is -0.116. The first kappa shape index (κ1) is 29.7. The van der Waals surface area contributed by atoms with Gasteiger partial charge in [0.05, 0.1) is 54.1 Å². The number of carbonyl (C=O) groups is 2. The molecule has 0 spiro atoms. The predicted molar refractivity (Wildman–Crippen MR) is 148 cm³/mol. The van der Waals surface area contributed by atoms with Crippen molar-refractivity contribution >= 4 is 66.7 Å². The van der Waals surface area contributed by atoms with Crippen LogP contribution in [0.5, 0.6) is 11.5 Å². The third-order valence-electron chi connectivity index (χ3n) is 5.32. The highest BCUT2D eigenvalue weighted by Crippen LogP contribution is 2.34. The summed E-state index contributed by atoms with van der Waals surface area (Å²) in [5, 5.41) is 3.13. The summed E-state index contributed by atoms with van der Waals surface area (Å²) in [5.74, 6) is -0.977. The van der Waals surface area contributed by atoms with E-state index in [-0.39, 0.29) is 39.2 Å². The minimum absolute atomic E-state index is 0.00898. The number of nitrogens with one attached hydrogen (secondary N) is 1. The number of rotatable bonds is 10. The molecule has 0 aliphatic carbocycles. The van der Waals surface area contributed by atoms with Crippen molar-refractivity contribution in [3.8, 4) is 11.5 Å². The fourth-order valence-corrected chi connectivity index (χ4v) is 5.40. The second-order valence-corrected chi connectivity index (χ2v) is 11.4. The zero-order valence-corrected chi connectivity index (χ0v) is 24.4. The number of anilines is 1. The number of benzene rings is 3. The van der Waals surface area contributed by atoms with Crippen molar-refractivity contribution in [3.63, 3.8) is 0 Å². The van der Waals surface area contributed by atoms with E-state index >= 15 is 0 Å². The number of sulfonamides is 1. The van der Waals surface area contributed by atoms with Crippen LogP contribution < -0.4 is 14.8 Å². The Bertz CT molecular complexity index is 1450. The van der Waals surface area contributed by atoms with Crippen molar-refractivity contribution < 1.29 is 32.2 Å². The van der Waals surface area contributed by atoms with Gasteiger partial charge in [0.25, 0.3) is 0 Å². The van der Waals surface area contributed by atoms with E-state index in [1.807, 2.05) is 0 Å². The number of methoxy groups -OCH3 is 3. The molecule has 3 rings (SSSR count). The van der Waals surface area contributed by atoms with Crippen LogP contribution in [0.3, 0.4) is 0 Å². The minimum Gasteiger partial charge on any atom is -0.493 e. The molecule has 9 nitrogen and oxygen atoms in total. The van der Waals surface area contributed by atoms with Gasteiger partial charge in [-0.3, -0.25) is 4.79 Å². The standard InChI is InChI=1S/C25H23BrCl2N2O7S/c1-35-22-11-18(25(32)37-3)21(12-23(22)36-2)29-24(31)14-30(13-15-4-9-19(27)20(28)10-15)38(33,34)17-7-5-16(26)6-8-17/h4-12H,13-14H2,1-3H3,(H,29,31). The first-order chi connectivity index (χ1) is 18.0. The molecule has 202 valence electrons. The second kappa shape index (κ2) is 12.8. The average Bonchev–Trinajstić information content (AvgIpc) is 2.89. The summed E-state index contributed by atoms with van der Waals surface area (Å²) in [6, 6.07) is 13.4. The van der Waals surface area contributed by atoms with Crippen LogP contribution in [0.1, 0.15) is 15.9 Å². The Morgan fingerprint density at radius 2 is 1.55 bits per heavy atom. The maximum absolute atomic E-state index is 13.6. The highest BCUT2D eigenvalue weighted by Gasteiger charge is 2.28. The van der Waals surface area contributed by atoms with E-state index < -0.39 is 28.4 Å². The lowest BCUT2D eigenvalue weighted by atomic mass is 10.1. The van der Waals surface area contributed by atoms with Gasteiger partial charge in [-0.25, -0.2) is 13.2 Å². The fraction of sp³-hybridized carbons (Fsp3) is 0.200. The molecule has 0 aliphatic rings. The Kier molecular flexibility index (Phi) is 10.0. The first-order valence-corrected chi connectivity index (χ1v) is 13.8. The summed E-state index contributed by atoms with van der Waals surface area (Å²) in [6.07, 6.45) is 0. The Balaban J connectivity index is 1.98. The minimum atomic E-state index is -4.14. The van der Waals surface area contributed by atoms with Crippen LogP contribution in [0.15, 0.2) is 64.0 Å². The first-order valence-electron chi connectivity index (χ1n) is 10.8. The largest absolute Gasteiger partial charge is 0.493 e. The van der Waals surface area contributed by atoms with Crippen LogP contribution in [0.2, 0.25) is 10.0 Å². The zero-order chi connectivity index (χ0) is 28.0. The normalized spacial score (nSPS) is 11.2. The van der Waals surface area contributed by atoms with Gasteiger partial charge in [0.2, 0.25) is 15.9 Å². The molecule has 3 aromatic rings. The van der Waals surface area contributed by atoms with Gasteiger partial charge in [0.15, 0.2) is 11.5 Å². The van der Waals surface area contributed by atoms with E-state index in [1.165, 1.54) is 57.7 Å². The van der Waals surface area contributed by atoms with E-state index in [9.17, 15) is 18.0 Å². The van der Waals surface area contributed by atoms with Gasteiger partial charge in [-0.2, -0.15) is 4.31 Å². The summed E-state index contributed by atoms with van der Waals surface area (Å²) >= 11 is 15.4. The molecule has 3 aromatic carbocycles. The lowest BCUT2D eigenvalue weighted by Crippen LogP contribution is -2.37. The average molecular weight is 646 g/mol. The maximum Gasteiger partial charge on any atom is 0.340 e. The number of nitrogens with zero attached hydrogens (tertiary/aromatic N) is 1. The Hall–Kier alpha value is -2.83. The molecular formula is C25H23BrCl2N2O7S. The molecule has 38 heavy (non-hydrogen) atoms. The molecule has 1 N–H and O–H groups in total. The number of esters is 1. The van der Waals surface area contributed by atoms with Crippen LogP contribution in [0, 0.1) is 0 Å². The van der Waals surface area contributed by atoms with Crippen molar-refractivity contribution in [1.29, 1.82) is 0 Å². The summed E-state index contributed by atoms with van der Waals surface area (Å²) in [7, 11) is -0.165. The van der Waals surface area contributed by atoms with Crippen molar-refractivity contribution in [1.82, 2.24) is 4.31 Å². The molecule has 0 aliphatic heterocycles. The molecule has 0 heterocycles. The van der Waals surface area contributed by atoms with Crippen LogP contribution in [-0.2, 0) is 26.1 Å². The molecule has 0 radical (unpaired) electrons. The number of amides is 1. The molecule has 0 saturated carbocycles. The van der Waals surface area contributed by atoms with Crippen molar-refractivity contribution in [3.05, 3.63) is 80.2 Å². The highest BCUT2D eigenvalue weighted by atomic mass is 79.9.